The summed E-state index contributed by atoms with van der Waals surface area (Å²) in [6.45, 7) is 9.05. The highest BCUT2D eigenvalue weighted by Crippen LogP contribution is 2.28. The number of likely N-dealkylation sites (tertiary alicyclic amines) is 1. The highest BCUT2D eigenvalue weighted by Gasteiger charge is 2.38. The van der Waals surface area contributed by atoms with Crippen molar-refractivity contribution in [1.29, 1.82) is 0 Å². The van der Waals surface area contributed by atoms with Crippen molar-refractivity contribution in [2.24, 2.45) is 0 Å². The van der Waals surface area contributed by atoms with E-state index < -0.39 is 11.2 Å². The molecule has 1 rings (SSSR count). The Morgan fingerprint density at radius 2 is 2.11 bits per heavy atom. The molecule has 19 heavy (non-hydrogen) atoms. The summed E-state index contributed by atoms with van der Waals surface area (Å²) < 4.78 is 11.1. The number of hydrogen-bond acceptors (Lipinski definition) is 4. The number of hydrogen-bond donors (Lipinski definition) is 0. The van der Waals surface area contributed by atoms with Crippen molar-refractivity contribution in [2.45, 2.75) is 58.2 Å². The van der Waals surface area contributed by atoms with Gasteiger partial charge in [-0.05, 0) is 40.5 Å². The number of carbonyl (C=O) groups is 2. The van der Waals surface area contributed by atoms with Crippen LogP contribution < -0.4 is 0 Å². The summed E-state index contributed by atoms with van der Waals surface area (Å²) in [6.07, 6.45) is 2.49. The molecule has 0 bridgehead atoms. The van der Waals surface area contributed by atoms with Crippen LogP contribution in [0.1, 0.15) is 47.0 Å². The normalized spacial score (nSPS) is 24.1. The van der Waals surface area contributed by atoms with E-state index in [9.17, 15) is 9.59 Å². The van der Waals surface area contributed by atoms with Crippen molar-refractivity contribution in [3.05, 3.63) is 0 Å². The molecule has 0 aromatic rings. The fourth-order valence-corrected chi connectivity index (χ4v) is 2.38. The van der Waals surface area contributed by atoms with Crippen molar-refractivity contribution in [2.75, 3.05) is 19.7 Å². The molecule has 1 aliphatic heterocycles. The average molecular weight is 271 g/mol. The Kier molecular flexibility index (Phi) is 5.35. The van der Waals surface area contributed by atoms with Crippen LogP contribution in [-0.4, -0.2) is 48.2 Å². The largest absolute Gasteiger partial charge is 0.444 e. The van der Waals surface area contributed by atoms with Crippen molar-refractivity contribution in [3.8, 4) is 0 Å². The first-order chi connectivity index (χ1) is 8.82. The zero-order valence-corrected chi connectivity index (χ0v) is 12.4. The van der Waals surface area contributed by atoms with Crippen LogP contribution in [0.3, 0.4) is 0 Å². The monoisotopic (exact) mass is 271 g/mol. The maximum atomic E-state index is 12.1. The smallest absolute Gasteiger partial charge is 0.410 e. The standard InChI is InChI=1S/C14H25NO4/c1-5-18-14(8-10-16)7-6-9-15(11-14)12(17)19-13(2,3)4/h10H,5-9,11H2,1-4H3. The van der Waals surface area contributed by atoms with Crippen molar-refractivity contribution in [1.82, 2.24) is 4.90 Å². The molecule has 0 saturated carbocycles. The molecule has 1 aliphatic rings. The van der Waals surface area contributed by atoms with Crippen molar-refractivity contribution >= 4 is 12.4 Å². The van der Waals surface area contributed by atoms with E-state index in [1.165, 1.54) is 0 Å². The van der Waals surface area contributed by atoms with Gasteiger partial charge in [-0.15, -0.1) is 0 Å². The van der Waals surface area contributed by atoms with Crippen molar-refractivity contribution in [3.63, 3.8) is 0 Å². The third-order valence-electron chi connectivity index (χ3n) is 3.10. The van der Waals surface area contributed by atoms with Gasteiger partial charge in [-0.1, -0.05) is 0 Å². The molecule has 1 atom stereocenters. The van der Waals surface area contributed by atoms with E-state index in [0.717, 1.165) is 19.1 Å². The van der Waals surface area contributed by atoms with Gasteiger partial charge in [-0.25, -0.2) is 4.79 Å². The number of nitrogens with zero attached hydrogens (tertiary/aromatic N) is 1. The van der Waals surface area contributed by atoms with Gasteiger partial charge >= 0.3 is 6.09 Å². The van der Waals surface area contributed by atoms with Gasteiger partial charge in [-0.2, -0.15) is 0 Å². The van der Waals surface area contributed by atoms with Gasteiger partial charge in [0, 0.05) is 19.6 Å². The number of carbonyl (C=O) groups excluding carboxylic acids is 2. The first kappa shape index (κ1) is 16.0. The third kappa shape index (κ3) is 4.82. The summed E-state index contributed by atoms with van der Waals surface area (Å²) in [6, 6.07) is 0. The van der Waals surface area contributed by atoms with Gasteiger partial charge in [0.25, 0.3) is 0 Å². The lowest BCUT2D eigenvalue weighted by Crippen LogP contribution is -2.53. The van der Waals surface area contributed by atoms with Gasteiger partial charge < -0.3 is 19.2 Å². The van der Waals surface area contributed by atoms with Crippen LogP contribution in [0.4, 0.5) is 4.79 Å². The SMILES string of the molecule is CCOC1(CC=O)CCCN(C(=O)OC(C)(C)C)C1. The highest BCUT2D eigenvalue weighted by molar-refractivity contribution is 5.68. The number of aldehydes is 1. The quantitative estimate of drug-likeness (QED) is 0.737. The maximum absolute atomic E-state index is 12.1. The van der Waals surface area contributed by atoms with E-state index in [1.807, 2.05) is 27.7 Å². The van der Waals surface area contributed by atoms with Crippen LogP contribution in [0, 0.1) is 0 Å². The molecule has 0 aliphatic carbocycles. The fourth-order valence-electron chi connectivity index (χ4n) is 2.38. The minimum atomic E-state index is -0.536. The molecular weight excluding hydrogens is 246 g/mol. The van der Waals surface area contributed by atoms with Gasteiger partial charge in [0.2, 0.25) is 0 Å². The van der Waals surface area contributed by atoms with Crippen LogP contribution in [-0.2, 0) is 14.3 Å². The van der Waals surface area contributed by atoms with Gasteiger partial charge in [0.1, 0.15) is 11.9 Å². The van der Waals surface area contributed by atoms with Crippen LogP contribution >= 0.6 is 0 Å². The summed E-state index contributed by atoms with van der Waals surface area (Å²) >= 11 is 0. The number of amides is 1. The molecular formula is C14H25NO4. The Bertz CT molecular complexity index is 320. The molecule has 1 unspecified atom stereocenters. The van der Waals surface area contributed by atoms with Gasteiger partial charge in [0.15, 0.2) is 0 Å². The molecule has 5 nitrogen and oxygen atoms in total. The predicted molar refractivity (Wildman–Crippen MR) is 72.1 cm³/mol. The molecule has 5 heteroatoms. The first-order valence-electron chi connectivity index (χ1n) is 6.87. The van der Waals surface area contributed by atoms with Crippen LogP contribution in [0.15, 0.2) is 0 Å². The molecule has 1 fully saturated rings. The molecule has 1 saturated heterocycles. The molecule has 0 aromatic heterocycles. The van der Waals surface area contributed by atoms with E-state index in [4.69, 9.17) is 9.47 Å². The second-order valence-electron chi connectivity index (χ2n) is 5.99. The van der Waals surface area contributed by atoms with E-state index in [1.54, 1.807) is 4.90 Å². The average Bonchev–Trinajstić information content (AvgIpc) is 2.27. The second kappa shape index (κ2) is 6.37. The lowest BCUT2D eigenvalue weighted by molar-refractivity contribution is -0.122. The number of piperidine rings is 1. The van der Waals surface area contributed by atoms with Crippen LogP contribution in [0.2, 0.25) is 0 Å². The van der Waals surface area contributed by atoms with Crippen LogP contribution in [0.25, 0.3) is 0 Å². The minimum Gasteiger partial charge on any atom is -0.444 e. The summed E-state index contributed by atoms with van der Waals surface area (Å²) in [7, 11) is 0. The Hall–Kier alpha value is -1.10. The second-order valence-corrected chi connectivity index (χ2v) is 5.99. The Labute approximate surface area is 115 Å². The summed E-state index contributed by atoms with van der Waals surface area (Å²) in [5, 5.41) is 0. The van der Waals surface area contributed by atoms with Crippen molar-refractivity contribution < 1.29 is 19.1 Å². The molecule has 0 aromatic carbocycles. The molecule has 1 amide bonds. The van der Waals surface area contributed by atoms with Gasteiger partial charge in [0.05, 0.1) is 12.1 Å². The molecule has 110 valence electrons. The molecule has 0 N–H and O–H groups in total. The van der Waals surface area contributed by atoms with Crippen LogP contribution in [0.5, 0.6) is 0 Å². The zero-order valence-electron chi connectivity index (χ0n) is 12.4. The highest BCUT2D eigenvalue weighted by atomic mass is 16.6. The topological polar surface area (TPSA) is 55.8 Å². The Morgan fingerprint density at radius 1 is 1.42 bits per heavy atom. The third-order valence-corrected chi connectivity index (χ3v) is 3.10. The minimum absolute atomic E-state index is 0.320. The number of ether oxygens (including phenoxy) is 2. The van der Waals surface area contributed by atoms with E-state index in [0.29, 0.717) is 26.1 Å². The molecule has 0 radical (unpaired) electrons. The molecule has 1 heterocycles. The lowest BCUT2D eigenvalue weighted by Gasteiger charge is -2.41. The first-order valence-corrected chi connectivity index (χ1v) is 6.87. The van der Waals surface area contributed by atoms with E-state index >= 15 is 0 Å². The Morgan fingerprint density at radius 3 is 2.63 bits per heavy atom. The zero-order chi connectivity index (χ0) is 14.5. The summed E-state index contributed by atoms with van der Waals surface area (Å²) in [4.78, 5) is 24.6. The number of rotatable bonds is 4. The summed E-state index contributed by atoms with van der Waals surface area (Å²) in [5.41, 5.74) is -1.04. The maximum Gasteiger partial charge on any atom is 0.410 e. The molecule has 0 spiro atoms. The van der Waals surface area contributed by atoms with Gasteiger partial charge in [-0.3, -0.25) is 0 Å². The van der Waals surface area contributed by atoms with E-state index in [2.05, 4.69) is 0 Å². The summed E-state index contributed by atoms with van der Waals surface area (Å²) in [5.74, 6) is 0. The lowest BCUT2D eigenvalue weighted by atomic mass is 9.90. The van der Waals surface area contributed by atoms with E-state index in [-0.39, 0.29) is 6.09 Å². The Balaban J connectivity index is 2.71. The fraction of sp³-hybridized carbons (Fsp3) is 0.857. The predicted octanol–water partition coefficient (Wildman–Crippen LogP) is 2.38.